The van der Waals surface area contributed by atoms with Crippen molar-refractivity contribution < 1.29 is 9.59 Å². The van der Waals surface area contributed by atoms with Gasteiger partial charge in [-0.15, -0.1) is 0 Å². The number of anilines is 1. The van der Waals surface area contributed by atoms with Gasteiger partial charge in [-0.25, -0.2) is 4.98 Å². The van der Waals surface area contributed by atoms with Crippen molar-refractivity contribution in [1.29, 1.82) is 0 Å². The van der Waals surface area contributed by atoms with Crippen LogP contribution in [0.4, 0.5) is 5.82 Å². The number of nitrogens with one attached hydrogen (secondary N) is 1. The van der Waals surface area contributed by atoms with E-state index in [9.17, 15) is 9.59 Å². The molecule has 2 aromatic carbocycles. The highest BCUT2D eigenvalue weighted by molar-refractivity contribution is 6.30. The highest BCUT2D eigenvalue weighted by Crippen LogP contribution is 2.25. The number of halogens is 1. The van der Waals surface area contributed by atoms with E-state index in [2.05, 4.69) is 33.1 Å². The van der Waals surface area contributed by atoms with Gasteiger partial charge in [0.1, 0.15) is 11.5 Å². The van der Waals surface area contributed by atoms with Gasteiger partial charge in [-0.2, -0.15) is 0 Å². The molecule has 1 N–H and O–H groups in total. The molecular weight excluding hydrogens is 448 g/mol. The van der Waals surface area contributed by atoms with Crippen molar-refractivity contribution in [1.82, 2.24) is 14.5 Å². The van der Waals surface area contributed by atoms with Crippen LogP contribution in [0.1, 0.15) is 28.9 Å². The van der Waals surface area contributed by atoms with Gasteiger partial charge in [0.2, 0.25) is 5.91 Å². The lowest BCUT2D eigenvalue weighted by molar-refractivity contribution is -0.121. The number of aromatic nitrogens is 2. The van der Waals surface area contributed by atoms with Crippen molar-refractivity contribution >= 4 is 40.1 Å². The molecule has 3 heterocycles. The molecular formula is C27H25ClN4O2. The van der Waals surface area contributed by atoms with E-state index in [0.717, 1.165) is 16.5 Å². The first-order valence-corrected chi connectivity index (χ1v) is 11.8. The summed E-state index contributed by atoms with van der Waals surface area (Å²) in [5, 5.41) is 4.42. The second kappa shape index (κ2) is 9.69. The Labute approximate surface area is 203 Å². The molecule has 5 rings (SSSR count). The molecule has 0 aliphatic carbocycles. The van der Waals surface area contributed by atoms with E-state index in [4.69, 9.17) is 11.6 Å². The molecule has 1 fully saturated rings. The molecule has 0 atom stereocenters. The molecule has 172 valence electrons. The number of rotatable bonds is 5. The first kappa shape index (κ1) is 22.2. The number of carbonyl (C=O) groups excluding carboxylic acids is 2. The van der Waals surface area contributed by atoms with Crippen LogP contribution in [0.15, 0.2) is 79.0 Å². The standard InChI is InChI=1S/C27H25ClN4O2/c28-22-10-11-25(29-17-22)30-26(33)20-12-14-31(15-13-20)27(34)24-16-21-8-4-5-9-23(21)32(24)18-19-6-2-1-3-7-19/h1-11,16-17,20H,12-15,18H2,(H,29,30,33). The third-order valence-electron chi connectivity index (χ3n) is 6.34. The molecule has 0 spiro atoms. The first-order valence-electron chi connectivity index (χ1n) is 11.4. The van der Waals surface area contributed by atoms with Crippen molar-refractivity contribution in [2.24, 2.45) is 5.92 Å². The number of hydrogen-bond donors (Lipinski definition) is 1. The molecule has 7 heteroatoms. The van der Waals surface area contributed by atoms with Gasteiger partial charge in [0.15, 0.2) is 0 Å². The second-order valence-corrected chi connectivity index (χ2v) is 9.01. The summed E-state index contributed by atoms with van der Waals surface area (Å²) in [6, 6.07) is 23.6. The van der Waals surface area contributed by atoms with Crippen molar-refractivity contribution in [3.63, 3.8) is 0 Å². The average Bonchev–Trinajstić information content (AvgIpc) is 3.24. The summed E-state index contributed by atoms with van der Waals surface area (Å²) in [4.78, 5) is 32.2. The van der Waals surface area contributed by atoms with Crippen molar-refractivity contribution in [3.05, 3.63) is 95.3 Å². The van der Waals surface area contributed by atoms with Crippen LogP contribution in [0.5, 0.6) is 0 Å². The highest BCUT2D eigenvalue weighted by atomic mass is 35.5. The van der Waals surface area contributed by atoms with Gasteiger partial charge in [0.25, 0.3) is 5.91 Å². The number of nitrogens with zero attached hydrogens (tertiary/aromatic N) is 3. The Kier molecular flexibility index (Phi) is 6.32. The number of fused-ring (bicyclic) bond motifs is 1. The van der Waals surface area contributed by atoms with Crippen LogP contribution in [-0.4, -0.2) is 39.4 Å². The quantitative estimate of drug-likeness (QED) is 0.432. The zero-order valence-electron chi connectivity index (χ0n) is 18.7. The fourth-order valence-corrected chi connectivity index (χ4v) is 4.62. The molecule has 1 saturated heterocycles. The fraction of sp³-hybridized carbons (Fsp3) is 0.222. The molecule has 1 aliphatic heterocycles. The minimum atomic E-state index is -0.156. The van der Waals surface area contributed by atoms with Gasteiger partial charge >= 0.3 is 0 Å². The van der Waals surface area contributed by atoms with Crippen molar-refractivity contribution in [2.75, 3.05) is 18.4 Å². The Hall–Kier alpha value is -3.64. The smallest absolute Gasteiger partial charge is 0.270 e. The topological polar surface area (TPSA) is 67.2 Å². The maximum Gasteiger partial charge on any atom is 0.270 e. The Morgan fingerprint density at radius 3 is 2.44 bits per heavy atom. The zero-order valence-corrected chi connectivity index (χ0v) is 19.4. The molecule has 2 aromatic heterocycles. The lowest BCUT2D eigenvalue weighted by Crippen LogP contribution is -2.42. The molecule has 0 saturated carbocycles. The summed E-state index contributed by atoms with van der Waals surface area (Å²) < 4.78 is 2.10. The van der Waals surface area contributed by atoms with E-state index >= 15 is 0 Å². The van der Waals surface area contributed by atoms with Gasteiger partial charge in [-0.05, 0) is 42.7 Å². The van der Waals surface area contributed by atoms with Crippen LogP contribution in [0.2, 0.25) is 5.02 Å². The number of hydrogen-bond acceptors (Lipinski definition) is 3. The molecule has 1 aliphatic rings. The Bertz CT molecular complexity index is 1310. The Morgan fingerprint density at radius 1 is 0.971 bits per heavy atom. The van der Waals surface area contributed by atoms with Crippen LogP contribution >= 0.6 is 11.6 Å². The van der Waals surface area contributed by atoms with Crippen LogP contribution < -0.4 is 5.32 Å². The van der Waals surface area contributed by atoms with Gasteiger partial charge in [-0.3, -0.25) is 9.59 Å². The maximum atomic E-state index is 13.6. The number of pyridine rings is 1. The molecule has 4 aromatic rings. The monoisotopic (exact) mass is 472 g/mol. The Morgan fingerprint density at radius 2 is 1.71 bits per heavy atom. The molecule has 34 heavy (non-hydrogen) atoms. The number of piperidine rings is 1. The van der Waals surface area contributed by atoms with E-state index in [1.54, 1.807) is 12.1 Å². The summed E-state index contributed by atoms with van der Waals surface area (Å²) in [6.07, 6.45) is 2.74. The van der Waals surface area contributed by atoms with E-state index in [-0.39, 0.29) is 17.7 Å². The summed E-state index contributed by atoms with van der Waals surface area (Å²) >= 11 is 5.86. The summed E-state index contributed by atoms with van der Waals surface area (Å²) in [5.74, 6) is 0.264. The summed E-state index contributed by atoms with van der Waals surface area (Å²) in [7, 11) is 0. The van der Waals surface area contributed by atoms with Gasteiger partial charge in [-0.1, -0.05) is 60.1 Å². The zero-order chi connectivity index (χ0) is 23.5. The molecule has 0 unspecified atom stereocenters. The molecule has 0 radical (unpaired) electrons. The van der Waals surface area contributed by atoms with Gasteiger partial charge < -0.3 is 14.8 Å². The van der Waals surface area contributed by atoms with E-state index in [1.165, 1.54) is 6.20 Å². The second-order valence-electron chi connectivity index (χ2n) is 8.58. The SMILES string of the molecule is O=C(Nc1ccc(Cl)cn1)C1CCN(C(=O)c2cc3ccccc3n2Cc2ccccc2)CC1. The molecule has 0 bridgehead atoms. The van der Waals surface area contributed by atoms with Gasteiger partial charge in [0.05, 0.1) is 5.02 Å². The summed E-state index contributed by atoms with van der Waals surface area (Å²) in [6.45, 7) is 1.71. The number of amides is 2. The Balaban J connectivity index is 1.30. The van der Waals surface area contributed by atoms with E-state index < -0.39 is 0 Å². The predicted molar refractivity (Wildman–Crippen MR) is 134 cm³/mol. The number of para-hydroxylation sites is 1. The first-order chi connectivity index (χ1) is 16.6. The minimum absolute atomic E-state index is 0.00496. The predicted octanol–water partition coefficient (Wildman–Crippen LogP) is 5.23. The fourth-order valence-electron chi connectivity index (χ4n) is 4.51. The summed E-state index contributed by atoms with van der Waals surface area (Å²) in [5.41, 5.74) is 2.86. The highest BCUT2D eigenvalue weighted by Gasteiger charge is 2.29. The third kappa shape index (κ3) is 4.68. The number of carbonyl (C=O) groups is 2. The van der Waals surface area contributed by atoms with Gasteiger partial charge in [0, 0.05) is 42.7 Å². The number of benzene rings is 2. The van der Waals surface area contributed by atoms with Crippen LogP contribution in [0, 0.1) is 5.92 Å². The van der Waals surface area contributed by atoms with E-state index in [1.807, 2.05) is 47.4 Å². The molecule has 6 nitrogen and oxygen atoms in total. The maximum absolute atomic E-state index is 13.6. The van der Waals surface area contributed by atoms with Crippen LogP contribution in [-0.2, 0) is 11.3 Å². The number of likely N-dealkylation sites (tertiary alicyclic amines) is 1. The average molecular weight is 473 g/mol. The van der Waals surface area contributed by atoms with Crippen molar-refractivity contribution in [2.45, 2.75) is 19.4 Å². The van der Waals surface area contributed by atoms with Crippen LogP contribution in [0.3, 0.4) is 0 Å². The normalized spacial score (nSPS) is 14.3. The largest absolute Gasteiger partial charge is 0.337 e. The molecule has 2 amide bonds. The van der Waals surface area contributed by atoms with E-state index in [0.29, 0.717) is 49.0 Å². The lowest BCUT2D eigenvalue weighted by Gasteiger charge is -2.31. The van der Waals surface area contributed by atoms with Crippen molar-refractivity contribution in [3.8, 4) is 0 Å². The van der Waals surface area contributed by atoms with Crippen LogP contribution in [0.25, 0.3) is 10.9 Å². The lowest BCUT2D eigenvalue weighted by atomic mass is 9.95. The third-order valence-corrected chi connectivity index (χ3v) is 6.57. The minimum Gasteiger partial charge on any atom is -0.337 e.